The van der Waals surface area contributed by atoms with Crippen molar-refractivity contribution >= 4 is 33.2 Å². The third kappa shape index (κ3) is 7.08. The van der Waals surface area contributed by atoms with Crippen LogP contribution in [0.1, 0.15) is 27.9 Å². The first-order valence-corrected chi connectivity index (χ1v) is 11.7. The van der Waals surface area contributed by atoms with E-state index in [0.717, 1.165) is 21.7 Å². The van der Waals surface area contributed by atoms with Gasteiger partial charge in [0.15, 0.2) is 0 Å². The van der Waals surface area contributed by atoms with Crippen LogP contribution < -0.4 is 14.9 Å². The molecule has 0 atom stereocenters. The van der Waals surface area contributed by atoms with E-state index in [0.29, 0.717) is 36.5 Å². The lowest BCUT2D eigenvalue weighted by molar-refractivity contribution is -0.114. The first-order valence-electron chi connectivity index (χ1n) is 9.84. The fourth-order valence-corrected chi connectivity index (χ4v) is 3.75. The topological polar surface area (TPSA) is 105 Å². The van der Waals surface area contributed by atoms with E-state index in [-0.39, 0.29) is 5.91 Å². The minimum absolute atomic E-state index is 0.297. The molecule has 0 aliphatic rings. The molecule has 31 heavy (non-hydrogen) atoms. The summed E-state index contributed by atoms with van der Waals surface area (Å²) in [5.41, 5.74) is 2.95. The molecule has 2 aromatic rings. The Morgan fingerprint density at radius 2 is 1.77 bits per heavy atom. The molecular formula is C22H29N3O5S. The molecule has 0 aromatic heterocycles. The number of amides is 2. The zero-order chi connectivity index (χ0) is 23.0. The predicted octanol–water partition coefficient (Wildman–Crippen LogP) is 2.47. The molecule has 168 valence electrons. The van der Waals surface area contributed by atoms with Crippen LogP contribution in [-0.4, -0.2) is 53.3 Å². The highest BCUT2D eigenvalue weighted by molar-refractivity contribution is 7.92. The fraction of sp³-hybridized carbons (Fsp3) is 0.364. The van der Waals surface area contributed by atoms with Crippen LogP contribution in [-0.2, 0) is 19.6 Å². The second kappa shape index (κ2) is 10.9. The first kappa shape index (κ1) is 24.4. The number of aryl methyl sites for hydroxylation is 2. The molecule has 2 aromatic carbocycles. The van der Waals surface area contributed by atoms with E-state index < -0.39 is 22.5 Å². The average Bonchev–Trinajstić information content (AvgIpc) is 2.71. The molecule has 0 fully saturated rings. The maximum atomic E-state index is 12.7. The number of nitrogens with zero attached hydrogens (tertiary/aromatic N) is 1. The van der Waals surface area contributed by atoms with Crippen LogP contribution in [0.25, 0.3) is 0 Å². The van der Waals surface area contributed by atoms with Gasteiger partial charge >= 0.3 is 0 Å². The van der Waals surface area contributed by atoms with Gasteiger partial charge in [-0.1, -0.05) is 18.2 Å². The van der Waals surface area contributed by atoms with Gasteiger partial charge in [0.05, 0.1) is 23.2 Å². The molecule has 0 unspecified atom stereocenters. The molecule has 8 nitrogen and oxygen atoms in total. The zero-order valence-corrected chi connectivity index (χ0v) is 19.1. The Morgan fingerprint density at radius 3 is 2.42 bits per heavy atom. The van der Waals surface area contributed by atoms with Crippen molar-refractivity contribution in [2.24, 2.45) is 0 Å². The number of rotatable bonds is 10. The Hall–Kier alpha value is -2.91. The molecule has 0 aliphatic heterocycles. The summed E-state index contributed by atoms with van der Waals surface area (Å²) in [5.74, 6) is -0.885. The molecule has 2 N–H and O–H groups in total. The van der Waals surface area contributed by atoms with Crippen molar-refractivity contribution in [3.63, 3.8) is 0 Å². The average molecular weight is 448 g/mol. The molecular weight excluding hydrogens is 418 g/mol. The molecule has 0 saturated heterocycles. The molecule has 0 radical (unpaired) electrons. The summed E-state index contributed by atoms with van der Waals surface area (Å²) in [5, 5.41) is 5.43. The molecule has 0 aliphatic carbocycles. The Kier molecular flexibility index (Phi) is 8.58. The van der Waals surface area contributed by atoms with Crippen LogP contribution >= 0.6 is 0 Å². The molecule has 0 spiro atoms. The van der Waals surface area contributed by atoms with Gasteiger partial charge in [0, 0.05) is 20.3 Å². The number of methoxy groups -OCH3 is 1. The number of sulfonamides is 1. The lowest BCUT2D eigenvalue weighted by Gasteiger charge is -2.23. The third-order valence-electron chi connectivity index (χ3n) is 4.72. The highest BCUT2D eigenvalue weighted by atomic mass is 32.2. The van der Waals surface area contributed by atoms with Crippen LogP contribution in [0, 0.1) is 13.8 Å². The quantitative estimate of drug-likeness (QED) is 0.545. The number of anilines is 2. The Morgan fingerprint density at radius 1 is 1.06 bits per heavy atom. The highest BCUT2D eigenvalue weighted by Crippen LogP contribution is 2.22. The monoisotopic (exact) mass is 447 g/mol. The number of hydrogen-bond acceptors (Lipinski definition) is 5. The smallest absolute Gasteiger partial charge is 0.253 e. The number of carbonyl (C=O) groups excluding carboxylic acids is 2. The van der Waals surface area contributed by atoms with Crippen molar-refractivity contribution in [1.82, 2.24) is 5.32 Å². The number of hydrogen-bond donors (Lipinski definition) is 2. The number of benzene rings is 2. The van der Waals surface area contributed by atoms with Crippen molar-refractivity contribution in [2.75, 3.05) is 42.7 Å². The zero-order valence-electron chi connectivity index (χ0n) is 18.3. The van der Waals surface area contributed by atoms with Crippen molar-refractivity contribution in [2.45, 2.75) is 20.3 Å². The van der Waals surface area contributed by atoms with E-state index in [1.165, 1.54) is 0 Å². The third-order valence-corrected chi connectivity index (χ3v) is 5.86. The van der Waals surface area contributed by atoms with E-state index in [4.69, 9.17) is 4.74 Å². The van der Waals surface area contributed by atoms with Crippen LogP contribution in [0.2, 0.25) is 0 Å². The van der Waals surface area contributed by atoms with Gasteiger partial charge < -0.3 is 15.4 Å². The second-order valence-corrected chi connectivity index (χ2v) is 9.14. The summed E-state index contributed by atoms with van der Waals surface area (Å²) >= 11 is 0. The lowest BCUT2D eigenvalue weighted by atomic mass is 10.1. The Labute approximate surface area is 183 Å². The molecule has 0 heterocycles. The fourth-order valence-electron chi connectivity index (χ4n) is 2.90. The summed E-state index contributed by atoms with van der Waals surface area (Å²) in [6.45, 7) is 4.35. The van der Waals surface area contributed by atoms with Crippen LogP contribution in [0.15, 0.2) is 42.5 Å². The van der Waals surface area contributed by atoms with Gasteiger partial charge in [0.1, 0.15) is 6.54 Å². The first-order chi connectivity index (χ1) is 14.6. The largest absolute Gasteiger partial charge is 0.385 e. The number of nitrogens with one attached hydrogen (secondary N) is 2. The number of para-hydroxylation sites is 1. The van der Waals surface area contributed by atoms with E-state index in [1.54, 1.807) is 43.5 Å². The molecule has 2 rings (SSSR count). The Balaban J connectivity index is 2.16. The Bertz CT molecular complexity index is 1040. The van der Waals surface area contributed by atoms with Gasteiger partial charge in [0.25, 0.3) is 5.91 Å². The molecule has 0 bridgehead atoms. The van der Waals surface area contributed by atoms with Gasteiger partial charge in [-0.25, -0.2) is 8.42 Å². The number of ether oxygens (including phenoxy) is 1. The molecule has 9 heteroatoms. The highest BCUT2D eigenvalue weighted by Gasteiger charge is 2.22. The summed E-state index contributed by atoms with van der Waals surface area (Å²) in [7, 11) is -2.11. The van der Waals surface area contributed by atoms with Gasteiger partial charge in [-0.15, -0.1) is 0 Å². The van der Waals surface area contributed by atoms with E-state index >= 15 is 0 Å². The summed E-state index contributed by atoms with van der Waals surface area (Å²) < 4.78 is 30.7. The van der Waals surface area contributed by atoms with Crippen LogP contribution in [0.3, 0.4) is 0 Å². The maximum Gasteiger partial charge on any atom is 0.253 e. The molecule has 0 saturated carbocycles. The minimum Gasteiger partial charge on any atom is -0.385 e. The summed E-state index contributed by atoms with van der Waals surface area (Å²) in [4.78, 5) is 25.2. The van der Waals surface area contributed by atoms with Crippen molar-refractivity contribution in [3.05, 3.63) is 59.2 Å². The van der Waals surface area contributed by atoms with E-state index in [1.807, 2.05) is 19.9 Å². The summed E-state index contributed by atoms with van der Waals surface area (Å²) in [6.07, 6.45) is 1.72. The van der Waals surface area contributed by atoms with Crippen molar-refractivity contribution < 1.29 is 22.7 Å². The van der Waals surface area contributed by atoms with Gasteiger partial charge in [-0.3, -0.25) is 13.9 Å². The van der Waals surface area contributed by atoms with Gasteiger partial charge in [-0.2, -0.15) is 0 Å². The van der Waals surface area contributed by atoms with Crippen LogP contribution in [0.5, 0.6) is 0 Å². The van der Waals surface area contributed by atoms with Crippen molar-refractivity contribution in [1.29, 1.82) is 0 Å². The SMILES string of the molecule is COCCCNC(=O)c1ccccc1NC(=O)CN(c1ccc(C)c(C)c1)S(C)(=O)=O. The molecule has 2 amide bonds. The minimum atomic E-state index is -3.70. The van der Waals surface area contributed by atoms with E-state index in [2.05, 4.69) is 10.6 Å². The predicted molar refractivity (Wildman–Crippen MR) is 122 cm³/mol. The van der Waals surface area contributed by atoms with Gasteiger partial charge in [-0.05, 0) is 55.7 Å². The standard InChI is InChI=1S/C22H29N3O5S/c1-16-10-11-18(14-17(16)2)25(31(4,28)29)15-21(26)24-20-9-6-5-8-19(20)22(27)23-12-7-13-30-3/h5-6,8-11,14H,7,12-13,15H2,1-4H3,(H,23,27)(H,24,26). The van der Waals surface area contributed by atoms with Crippen molar-refractivity contribution in [3.8, 4) is 0 Å². The normalized spacial score (nSPS) is 11.1. The maximum absolute atomic E-state index is 12.7. The van der Waals surface area contributed by atoms with Crippen LogP contribution in [0.4, 0.5) is 11.4 Å². The van der Waals surface area contributed by atoms with Gasteiger partial charge in [0.2, 0.25) is 15.9 Å². The summed E-state index contributed by atoms with van der Waals surface area (Å²) in [6, 6.07) is 11.8. The lowest BCUT2D eigenvalue weighted by Crippen LogP contribution is -2.38. The van der Waals surface area contributed by atoms with E-state index in [9.17, 15) is 18.0 Å². The second-order valence-electron chi connectivity index (χ2n) is 7.23. The number of carbonyl (C=O) groups is 2.